The summed E-state index contributed by atoms with van der Waals surface area (Å²) in [6.07, 6.45) is 4.61. The number of hydrogen-bond donors (Lipinski definition) is 1. The number of rotatable bonds is 8. The molecule has 1 atom stereocenters. The first-order valence-electron chi connectivity index (χ1n) is 10.1. The SMILES string of the molecule is C=CCOC(=O)N1CC(C(NC(=O)c2ccc(C)c(/C=C\N=C)c2)c2ccccc2)C1. The quantitative estimate of drug-likeness (QED) is 0.511. The van der Waals surface area contributed by atoms with Crippen molar-refractivity contribution in [2.45, 2.75) is 13.0 Å². The van der Waals surface area contributed by atoms with Crippen molar-refractivity contribution in [3.8, 4) is 0 Å². The molecule has 1 unspecified atom stereocenters. The highest BCUT2D eigenvalue weighted by molar-refractivity contribution is 5.95. The minimum atomic E-state index is -0.361. The Morgan fingerprint density at radius 1 is 1.26 bits per heavy atom. The van der Waals surface area contributed by atoms with Gasteiger partial charge in [0.1, 0.15) is 6.61 Å². The zero-order chi connectivity index (χ0) is 22.2. The molecule has 3 rings (SSSR count). The summed E-state index contributed by atoms with van der Waals surface area (Å²) in [4.78, 5) is 30.5. The maximum absolute atomic E-state index is 13.1. The summed E-state index contributed by atoms with van der Waals surface area (Å²) in [6, 6.07) is 15.2. The molecule has 0 radical (unpaired) electrons. The number of likely N-dealkylation sites (tertiary alicyclic amines) is 1. The maximum atomic E-state index is 13.1. The first-order chi connectivity index (χ1) is 15.0. The summed E-state index contributed by atoms with van der Waals surface area (Å²) in [6.45, 7) is 10.2. The van der Waals surface area contributed by atoms with Crippen molar-refractivity contribution in [1.82, 2.24) is 10.2 Å². The average molecular weight is 418 g/mol. The molecule has 6 nitrogen and oxygen atoms in total. The number of nitrogens with one attached hydrogen (secondary N) is 1. The Morgan fingerprint density at radius 3 is 2.68 bits per heavy atom. The third kappa shape index (κ3) is 5.48. The second kappa shape index (κ2) is 10.4. The van der Waals surface area contributed by atoms with Gasteiger partial charge in [-0.25, -0.2) is 4.79 Å². The number of nitrogens with zero attached hydrogens (tertiary/aromatic N) is 2. The van der Waals surface area contributed by atoms with E-state index >= 15 is 0 Å². The Balaban J connectivity index is 1.75. The van der Waals surface area contributed by atoms with Gasteiger partial charge in [0.05, 0.1) is 6.04 Å². The van der Waals surface area contributed by atoms with Gasteiger partial charge in [-0.15, -0.1) is 0 Å². The molecule has 0 aliphatic carbocycles. The topological polar surface area (TPSA) is 71.0 Å². The van der Waals surface area contributed by atoms with Gasteiger partial charge in [-0.1, -0.05) is 49.1 Å². The van der Waals surface area contributed by atoms with Gasteiger partial charge < -0.3 is 15.0 Å². The summed E-state index contributed by atoms with van der Waals surface area (Å²) in [7, 11) is 0. The van der Waals surface area contributed by atoms with Crippen LogP contribution in [0.25, 0.3) is 6.08 Å². The Kier molecular flexibility index (Phi) is 7.38. The molecule has 0 aromatic heterocycles. The fraction of sp³-hybridized carbons (Fsp3) is 0.240. The first-order valence-corrected chi connectivity index (χ1v) is 10.1. The van der Waals surface area contributed by atoms with Crippen LogP contribution in [-0.4, -0.2) is 43.3 Å². The van der Waals surface area contributed by atoms with Crippen molar-refractivity contribution in [2.24, 2.45) is 10.9 Å². The fourth-order valence-corrected chi connectivity index (χ4v) is 3.55. The third-order valence-electron chi connectivity index (χ3n) is 5.31. The van der Waals surface area contributed by atoms with Crippen LogP contribution in [0.15, 0.2) is 72.4 Å². The lowest BCUT2D eigenvalue weighted by atomic mass is 9.86. The largest absolute Gasteiger partial charge is 0.445 e. The number of aliphatic imine (C=N–C) groups is 1. The van der Waals surface area contributed by atoms with Crippen molar-refractivity contribution < 1.29 is 14.3 Å². The molecule has 2 amide bonds. The van der Waals surface area contributed by atoms with E-state index < -0.39 is 0 Å². The van der Waals surface area contributed by atoms with Crippen LogP contribution in [0.1, 0.15) is 33.1 Å². The Morgan fingerprint density at radius 2 is 2.00 bits per heavy atom. The molecular formula is C25H27N3O3. The number of hydrogen-bond acceptors (Lipinski definition) is 4. The highest BCUT2D eigenvalue weighted by Gasteiger charge is 2.38. The minimum absolute atomic E-state index is 0.0948. The van der Waals surface area contributed by atoms with Gasteiger partial charge in [-0.2, -0.15) is 0 Å². The molecule has 6 heteroatoms. The van der Waals surface area contributed by atoms with Gasteiger partial charge in [-0.3, -0.25) is 9.79 Å². The van der Waals surface area contributed by atoms with E-state index in [0.29, 0.717) is 18.7 Å². The number of ether oxygens (including phenoxy) is 1. The van der Waals surface area contributed by atoms with Crippen molar-refractivity contribution in [2.75, 3.05) is 19.7 Å². The van der Waals surface area contributed by atoms with Gasteiger partial charge in [0, 0.05) is 30.8 Å². The van der Waals surface area contributed by atoms with E-state index in [4.69, 9.17) is 4.74 Å². The molecule has 160 valence electrons. The monoisotopic (exact) mass is 417 g/mol. The van der Waals surface area contributed by atoms with Crippen LogP contribution in [0.2, 0.25) is 0 Å². The molecule has 0 bridgehead atoms. The number of carbonyl (C=O) groups excluding carboxylic acids is 2. The normalized spacial score (nSPS) is 14.5. The van der Waals surface area contributed by atoms with Crippen molar-refractivity contribution in [3.05, 3.63) is 89.6 Å². The Bertz CT molecular complexity index is 979. The van der Waals surface area contributed by atoms with E-state index in [9.17, 15) is 9.59 Å². The Hall–Kier alpha value is -3.67. The van der Waals surface area contributed by atoms with Crippen LogP contribution in [0.4, 0.5) is 4.79 Å². The molecule has 2 aromatic carbocycles. The molecule has 1 aliphatic rings. The van der Waals surface area contributed by atoms with Crippen LogP contribution in [0.5, 0.6) is 0 Å². The van der Waals surface area contributed by atoms with Gasteiger partial charge in [-0.05, 0) is 48.5 Å². The average Bonchev–Trinajstić information content (AvgIpc) is 2.75. The minimum Gasteiger partial charge on any atom is -0.445 e. The van der Waals surface area contributed by atoms with E-state index in [-0.39, 0.29) is 30.6 Å². The van der Waals surface area contributed by atoms with Crippen LogP contribution in [-0.2, 0) is 4.74 Å². The highest BCUT2D eigenvalue weighted by Crippen LogP contribution is 2.31. The smallest absolute Gasteiger partial charge is 0.410 e. The van der Waals surface area contributed by atoms with Crippen LogP contribution in [0, 0.1) is 12.8 Å². The molecule has 1 heterocycles. The fourth-order valence-electron chi connectivity index (χ4n) is 3.55. The number of amides is 2. The zero-order valence-corrected chi connectivity index (χ0v) is 17.7. The maximum Gasteiger partial charge on any atom is 0.410 e. The molecule has 1 aliphatic heterocycles. The van der Waals surface area contributed by atoms with Crippen molar-refractivity contribution in [3.63, 3.8) is 0 Å². The van der Waals surface area contributed by atoms with Gasteiger partial charge in [0.2, 0.25) is 0 Å². The highest BCUT2D eigenvalue weighted by atomic mass is 16.6. The van der Waals surface area contributed by atoms with Crippen LogP contribution >= 0.6 is 0 Å². The van der Waals surface area contributed by atoms with Gasteiger partial charge in [0.25, 0.3) is 5.91 Å². The lowest BCUT2D eigenvalue weighted by Crippen LogP contribution is -2.55. The third-order valence-corrected chi connectivity index (χ3v) is 5.31. The second-order valence-electron chi connectivity index (χ2n) is 7.46. The predicted molar refractivity (Wildman–Crippen MR) is 123 cm³/mol. The van der Waals surface area contributed by atoms with Gasteiger partial charge >= 0.3 is 6.09 Å². The second-order valence-corrected chi connectivity index (χ2v) is 7.46. The summed E-state index contributed by atoms with van der Waals surface area (Å²) in [5.41, 5.74) is 3.53. The molecule has 2 aromatic rings. The predicted octanol–water partition coefficient (Wildman–Crippen LogP) is 4.39. The van der Waals surface area contributed by atoms with Gasteiger partial charge in [0.15, 0.2) is 0 Å². The lowest BCUT2D eigenvalue weighted by Gasteiger charge is -2.42. The summed E-state index contributed by atoms with van der Waals surface area (Å²) in [5, 5.41) is 3.16. The molecular weight excluding hydrogens is 390 g/mol. The molecule has 31 heavy (non-hydrogen) atoms. The van der Waals surface area contributed by atoms with E-state index in [0.717, 1.165) is 16.7 Å². The number of aryl methyl sites for hydroxylation is 1. The molecule has 0 spiro atoms. The molecule has 1 N–H and O–H groups in total. The summed E-state index contributed by atoms with van der Waals surface area (Å²) in [5.74, 6) is -0.0693. The number of carbonyl (C=O) groups is 2. The zero-order valence-electron chi connectivity index (χ0n) is 17.7. The summed E-state index contributed by atoms with van der Waals surface area (Å²) < 4.78 is 5.10. The Labute approximate surface area is 182 Å². The summed E-state index contributed by atoms with van der Waals surface area (Å²) >= 11 is 0. The molecule has 1 fully saturated rings. The standard InChI is InChI=1S/C25H27N3O3/c1-4-14-31-25(30)28-16-22(17-28)23(19-8-6-5-7-9-19)27-24(29)21-11-10-18(2)20(15-21)12-13-26-3/h4-13,15,22-23H,1,3,14,16-17H2,2H3,(H,27,29)/b13-12-. The van der Waals surface area contributed by atoms with E-state index in [1.165, 1.54) is 6.08 Å². The van der Waals surface area contributed by atoms with E-state index in [2.05, 4.69) is 23.6 Å². The number of benzene rings is 2. The van der Waals surface area contributed by atoms with E-state index in [1.54, 1.807) is 11.1 Å². The molecule has 1 saturated heterocycles. The van der Waals surface area contributed by atoms with Crippen molar-refractivity contribution >= 4 is 24.8 Å². The van der Waals surface area contributed by atoms with Crippen molar-refractivity contribution in [1.29, 1.82) is 0 Å². The van der Waals surface area contributed by atoms with Crippen LogP contribution < -0.4 is 5.32 Å². The first kappa shape index (κ1) is 22.0. The molecule has 0 saturated carbocycles. The van der Waals surface area contributed by atoms with Crippen LogP contribution in [0.3, 0.4) is 0 Å². The van der Waals surface area contributed by atoms with E-state index in [1.807, 2.05) is 61.5 Å². The lowest BCUT2D eigenvalue weighted by molar-refractivity contribution is 0.0452.